The average Bonchev–Trinajstić information content (AvgIpc) is 3.30. The molecule has 1 aromatic rings. The summed E-state index contributed by atoms with van der Waals surface area (Å²) < 4.78 is 11.5. The average molecular weight is 467 g/mol. The number of carbonyl (C=O) groups excluding carboxylic acids is 2. The molecule has 4 N–H and O–H groups in total. The fourth-order valence-corrected chi connectivity index (χ4v) is 4.96. The van der Waals surface area contributed by atoms with Gasteiger partial charge in [0.05, 0.1) is 35.6 Å². The fraction of sp³-hybridized carbons (Fsp3) is 0.636. The zero-order chi connectivity index (χ0) is 22.7. The summed E-state index contributed by atoms with van der Waals surface area (Å²) in [7, 11) is 0. The molecule has 32 heavy (non-hydrogen) atoms. The van der Waals surface area contributed by atoms with E-state index < -0.39 is 6.61 Å². The molecular weight excluding hydrogens is 436 g/mol. The second kappa shape index (κ2) is 10.2. The number of carbonyl (C=O) groups is 2. The van der Waals surface area contributed by atoms with Gasteiger partial charge in [-0.05, 0) is 24.8 Å². The number of aliphatic hydroxyl groups excluding tert-OH is 1. The van der Waals surface area contributed by atoms with E-state index >= 15 is 0 Å². The van der Waals surface area contributed by atoms with Crippen molar-refractivity contribution in [2.24, 2.45) is 5.92 Å². The van der Waals surface area contributed by atoms with Crippen molar-refractivity contribution in [1.82, 2.24) is 15.1 Å². The highest BCUT2D eigenvalue weighted by Crippen LogP contribution is 2.38. The minimum Gasteiger partial charge on any atom is -0.492 e. The Balaban J connectivity index is 1.26. The van der Waals surface area contributed by atoms with Gasteiger partial charge in [-0.25, -0.2) is 0 Å². The van der Waals surface area contributed by atoms with Crippen LogP contribution in [-0.2, 0) is 16.0 Å². The highest BCUT2D eigenvalue weighted by Gasteiger charge is 2.29. The van der Waals surface area contributed by atoms with Crippen molar-refractivity contribution in [2.45, 2.75) is 25.4 Å². The summed E-state index contributed by atoms with van der Waals surface area (Å²) in [5.74, 6) is 0.611. The number of nitrogens with zero attached hydrogens (tertiary/aromatic N) is 2. The second-order valence-electron chi connectivity index (χ2n) is 8.67. The van der Waals surface area contributed by atoms with Gasteiger partial charge in [0.1, 0.15) is 12.4 Å². The number of hydrogen-bond donors (Lipinski definition) is 3. The predicted octanol–water partition coefficient (Wildman–Crippen LogP) is 0.519. The van der Waals surface area contributed by atoms with Crippen LogP contribution in [0, 0.1) is 5.92 Å². The molecule has 1 atom stereocenters. The van der Waals surface area contributed by atoms with E-state index in [1.165, 1.54) is 0 Å². The fourth-order valence-electron chi connectivity index (χ4n) is 4.74. The first-order valence-corrected chi connectivity index (χ1v) is 11.6. The first-order valence-electron chi connectivity index (χ1n) is 11.2. The molecule has 0 saturated carbocycles. The number of benzene rings is 1. The number of amides is 2. The van der Waals surface area contributed by atoms with Crippen molar-refractivity contribution in [3.05, 3.63) is 22.2 Å². The topological polar surface area (TPSA) is 117 Å². The lowest BCUT2D eigenvalue weighted by atomic mass is 9.96. The summed E-state index contributed by atoms with van der Waals surface area (Å²) in [5, 5.41) is 12.3. The Hall–Kier alpha value is -2.07. The van der Waals surface area contributed by atoms with Crippen LogP contribution in [0.25, 0.3) is 0 Å². The van der Waals surface area contributed by atoms with Crippen LogP contribution in [0.4, 0.5) is 5.69 Å². The maximum Gasteiger partial charge on any atom is 0.255 e. The lowest BCUT2D eigenvalue weighted by Crippen LogP contribution is -2.50. The normalized spacial score (nSPS) is 21.8. The van der Waals surface area contributed by atoms with Gasteiger partial charge in [0.25, 0.3) is 5.91 Å². The van der Waals surface area contributed by atoms with Crippen molar-refractivity contribution in [1.29, 1.82) is 0 Å². The number of piperidine rings is 1. The van der Waals surface area contributed by atoms with Crippen molar-refractivity contribution < 1.29 is 24.2 Å². The van der Waals surface area contributed by atoms with Gasteiger partial charge in [-0.1, -0.05) is 11.6 Å². The zero-order valence-electron chi connectivity index (χ0n) is 18.1. The van der Waals surface area contributed by atoms with Crippen LogP contribution in [0.15, 0.2) is 6.07 Å². The molecular formula is C22H31ClN4O5. The van der Waals surface area contributed by atoms with Crippen LogP contribution in [0.2, 0.25) is 5.02 Å². The van der Waals surface area contributed by atoms with Gasteiger partial charge >= 0.3 is 0 Å². The van der Waals surface area contributed by atoms with Gasteiger partial charge in [0, 0.05) is 51.3 Å². The van der Waals surface area contributed by atoms with Crippen molar-refractivity contribution in [2.75, 3.05) is 64.8 Å². The third-order valence-corrected chi connectivity index (χ3v) is 6.86. The number of ether oxygens (including phenoxy) is 2. The number of hydrogen-bond acceptors (Lipinski definition) is 7. The Labute approximate surface area is 192 Å². The quantitative estimate of drug-likeness (QED) is 0.523. The van der Waals surface area contributed by atoms with Crippen molar-refractivity contribution in [3.8, 4) is 5.75 Å². The molecule has 3 aliphatic rings. The molecule has 2 fully saturated rings. The highest BCUT2D eigenvalue weighted by molar-refractivity contribution is 6.33. The summed E-state index contributed by atoms with van der Waals surface area (Å²) in [5.41, 5.74) is 7.71. The van der Waals surface area contributed by atoms with Crippen LogP contribution in [-0.4, -0.2) is 91.9 Å². The molecule has 3 aliphatic heterocycles. The molecule has 0 aliphatic carbocycles. The predicted molar refractivity (Wildman–Crippen MR) is 120 cm³/mol. The molecule has 0 spiro atoms. The van der Waals surface area contributed by atoms with E-state index in [9.17, 15) is 9.59 Å². The van der Waals surface area contributed by atoms with Gasteiger partial charge in [0.15, 0.2) is 0 Å². The van der Waals surface area contributed by atoms with E-state index in [0.717, 1.165) is 38.0 Å². The van der Waals surface area contributed by atoms with Gasteiger partial charge in [-0.15, -0.1) is 0 Å². The number of fused-ring (bicyclic) bond motifs is 1. The summed E-state index contributed by atoms with van der Waals surface area (Å²) in [6.45, 7) is 5.04. The number of morpholine rings is 1. The molecule has 0 radical (unpaired) electrons. The number of halogens is 1. The lowest BCUT2D eigenvalue weighted by molar-refractivity contribution is -0.135. The monoisotopic (exact) mass is 466 g/mol. The molecule has 0 aromatic heterocycles. The standard InChI is InChI=1S/C22H31ClN4O5/c23-18-9-17(21-16(20(18)24)3-7-32-21)22(30)25-10-15-12-26(6-8-31-15)11-14-1-4-27(5-2-14)19(29)13-28/h9,14-15,28H,1-8,10-13,24H2,(H,25,30)/t15-/m0/s1. The Kier molecular flexibility index (Phi) is 7.40. The van der Waals surface area contributed by atoms with E-state index in [-0.39, 0.29) is 17.9 Å². The van der Waals surface area contributed by atoms with E-state index in [1.54, 1.807) is 11.0 Å². The van der Waals surface area contributed by atoms with Crippen LogP contribution >= 0.6 is 11.6 Å². The Morgan fingerprint density at radius 3 is 2.78 bits per heavy atom. The van der Waals surface area contributed by atoms with Gasteiger partial charge < -0.3 is 30.5 Å². The lowest BCUT2D eigenvalue weighted by Gasteiger charge is -2.38. The Bertz CT molecular complexity index is 859. The molecule has 0 bridgehead atoms. The number of nitrogens with two attached hydrogens (primary N) is 1. The summed E-state index contributed by atoms with van der Waals surface area (Å²) in [4.78, 5) is 28.5. The number of nitrogens with one attached hydrogen (secondary N) is 1. The van der Waals surface area contributed by atoms with Crippen molar-refractivity contribution in [3.63, 3.8) is 0 Å². The molecule has 2 amide bonds. The SMILES string of the molecule is Nc1c(Cl)cc(C(=O)NC[C@H]2CN(CC3CCN(C(=O)CO)CC3)CCO2)c2c1CCO2. The second-order valence-corrected chi connectivity index (χ2v) is 9.08. The number of rotatable bonds is 6. The minimum absolute atomic E-state index is 0.0954. The third-order valence-electron chi connectivity index (χ3n) is 6.55. The smallest absolute Gasteiger partial charge is 0.255 e. The molecule has 0 unspecified atom stereocenters. The van der Waals surface area contributed by atoms with Gasteiger partial charge in [-0.3, -0.25) is 14.5 Å². The largest absolute Gasteiger partial charge is 0.492 e. The minimum atomic E-state index is -0.418. The Morgan fingerprint density at radius 1 is 1.25 bits per heavy atom. The Morgan fingerprint density at radius 2 is 2.03 bits per heavy atom. The maximum absolute atomic E-state index is 12.8. The third kappa shape index (κ3) is 5.11. The summed E-state index contributed by atoms with van der Waals surface area (Å²) in [6, 6.07) is 1.57. The number of nitrogen functional groups attached to an aromatic ring is 1. The highest BCUT2D eigenvalue weighted by atomic mass is 35.5. The maximum atomic E-state index is 12.8. The molecule has 3 heterocycles. The first-order chi connectivity index (χ1) is 15.5. The summed E-state index contributed by atoms with van der Waals surface area (Å²) in [6.07, 6.45) is 2.43. The molecule has 1 aromatic carbocycles. The van der Waals surface area contributed by atoms with E-state index in [1.807, 2.05) is 0 Å². The number of aliphatic hydroxyl groups is 1. The van der Waals surface area contributed by atoms with Crippen LogP contribution < -0.4 is 15.8 Å². The molecule has 10 heteroatoms. The van der Waals surface area contributed by atoms with Gasteiger partial charge in [0.2, 0.25) is 5.91 Å². The van der Waals surface area contributed by atoms with Crippen LogP contribution in [0.5, 0.6) is 5.75 Å². The van der Waals surface area contributed by atoms with Crippen LogP contribution in [0.3, 0.4) is 0 Å². The zero-order valence-corrected chi connectivity index (χ0v) is 18.9. The van der Waals surface area contributed by atoms with Gasteiger partial charge in [-0.2, -0.15) is 0 Å². The molecule has 9 nitrogen and oxygen atoms in total. The number of likely N-dealkylation sites (tertiary alicyclic amines) is 1. The van der Waals surface area contributed by atoms with Crippen LogP contribution in [0.1, 0.15) is 28.8 Å². The molecule has 4 rings (SSSR count). The molecule has 2 saturated heterocycles. The summed E-state index contributed by atoms with van der Waals surface area (Å²) >= 11 is 6.21. The van der Waals surface area contributed by atoms with E-state index in [4.69, 9.17) is 31.9 Å². The van der Waals surface area contributed by atoms with E-state index in [0.29, 0.717) is 67.2 Å². The van der Waals surface area contributed by atoms with Crippen molar-refractivity contribution >= 4 is 29.1 Å². The van der Waals surface area contributed by atoms with E-state index in [2.05, 4.69) is 10.2 Å². The molecule has 176 valence electrons. The number of anilines is 1. The first kappa shape index (κ1) is 23.1.